The summed E-state index contributed by atoms with van der Waals surface area (Å²) in [5.41, 5.74) is 12.9. The van der Waals surface area contributed by atoms with Crippen molar-refractivity contribution in [2.24, 2.45) is 0 Å². The number of ether oxygens (including phenoxy) is 1. The zero-order valence-electron chi connectivity index (χ0n) is 20.9. The molecule has 0 spiro atoms. The van der Waals surface area contributed by atoms with Crippen molar-refractivity contribution < 1.29 is 4.74 Å². The molecule has 39 heavy (non-hydrogen) atoms. The van der Waals surface area contributed by atoms with Crippen molar-refractivity contribution in [3.63, 3.8) is 0 Å². The standard InChI is InChI=1S/C28H24N10O/c29-26-20(3-1-11-30-26)27-32-21-7-9-25(36-13-2-12-31-36)33-28(21)38(27)18-5-6-19-17(15-18)4-8-23(19)37-16-22(34-35-37)24-10-14-39-24/h1-3,5-7,9,11-13,15-16,23-24H,4,8,10,14H2,(H2,29,30)/t23-,24?/m0/s1. The first-order valence-corrected chi connectivity index (χ1v) is 13.0. The fourth-order valence-corrected chi connectivity index (χ4v) is 5.57. The number of fused-ring (bicyclic) bond motifs is 2. The molecule has 11 heteroatoms. The second-order valence-corrected chi connectivity index (χ2v) is 9.88. The van der Waals surface area contributed by atoms with Crippen LogP contribution in [0.15, 0.2) is 73.3 Å². The van der Waals surface area contributed by atoms with Gasteiger partial charge in [-0.3, -0.25) is 4.57 Å². The van der Waals surface area contributed by atoms with Crippen molar-refractivity contribution in [1.29, 1.82) is 0 Å². The average Bonchev–Trinajstić information content (AvgIpc) is 3.73. The van der Waals surface area contributed by atoms with Crippen LogP contribution in [0.5, 0.6) is 0 Å². The Morgan fingerprint density at radius 1 is 1.00 bits per heavy atom. The smallest absolute Gasteiger partial charge is 0.167 e. The molecule has 2 N–H and O–H groups in total. The molecule has 0 radical (unpaired) electrons. The Kier molecular flexibility index (Phi) is 4.86. The van der Waals surface area contributed by atoms with Gasteiger partial charge in [-0.25, -0.2) is 24.3 Å². The molecule has 6 heterocycles. The molecular formula is C28H24N10O. The van der Waals surface area contributed by atoms with Gasteiger partial charge in [-0.05, 0) is 66.4 Å². The Morgan fingerprint density at radius 2 is 1.95 bits per heavy atom. The minimum absolute atomic E-state index is 0.0778. The highest BCUT2D eigenvalue weighted by molar-refractivity contribution is 5.83. The Hall–Kier alpha value is -4.90. The van der Waals surface area contributed by atoms with Gasteiger partial charge in [0.1, 0.15) is 23.1 Å². The van der Waals surface area contributed by atoms with Crippen LogP contribution >= 0.6 is 0 Å². The van der Waals surface area contributed by atoms with Crippen molar-refractivity contribution in [2.45, 2.75) is 31.4 Å². The molecule has 1 aliphatic carbocycles. The number of rotatable bonds is 5. The number of anilines is 1. The zero-order chi connectivity index (χ0) is 25.9. The monoisotopic (exact) mass is 516 g/mol. The van der Waals surface area contributed by atoms with Crippen molar-refractivity contribution in [2.75, 3.05) is 12.3 Å². The fourth-order valence-electron chi connectivity index (χ4n) is 5.57. The van der Waals surface area contributed by atoms with E-state index in [0.717, 1.165) is 54.0 Å². The van der Waals surface area contributed by atoms with Crippen LogP contribution in [0.1, 0.15) is 41.8 Å². The molecule has 2 atom stereocenters. The largest absolute Gasteiger partial charge is 0.383 e. The lowest BCUT2D eigenvalue weighted by Gasteiger charge is -2.23. The van der Waals surface area contributed by atoms with Crippen LogP contribution in [0, 0.1) is 0 Å². The van der Waals surface area contributed by atoms with Gasteiger partial charge in [-0.2, -0.15) is 5.10 Å². The average molecular weight is 517 g/mol. The number of hydrogen-bond acceptors (Lipinski definition) is 8. The lowest BCUT2D eigenvalue weighted by Crippen LogP contribution is -2.18. The molecule has 1 aliphatic heterocycles. The maximum absolute atomic E-state index is 6.32. The number of aromatic nitrogens is 9. The van der Waals surface area contributed by atoms with Gasteiger partial charge >= 0.3 is 0 Å². The van der Waals surface area contributed by atoms with Crippen molar-refractivity contribution >= 4 is 17.0 Å². The summed E-state index contributed by atoms with van der Waals surface area (Å²) >= 11 is 0. The third-order valence-corrected chi connectivity index (χ3v) is 7.62. The maximum atomic E-state index is 6.32. The molecule has 1 saturated heterocycles. The molecule has 1 aromatic carbocycles. The molecule has 11 nitrogen and oxygen atoms in total. The van der Waals surface area contributed by atoms with E-state index in [0.29, 0.717) is 17.5 Å². The van der Waals surface area contributed by atoms with Gasteiger partial charge in [0.25, 0.3) is 0 Å². The zero-order valence-corrected chi connectivity index (χ0v) is 20.9. The molecule has 1 fully saturated rings. The Morgan fingerprint density at radius 3 is 2.77 bits per heavy atom. The summed E-state index contributed by atoms with van der Waals surface area (Å²) in [6.45, 7) is 0.792. The third kappa shape index (κ3) is 3.54. The fraction of sp³-hybridized carbons (Fsp3) is 0.214. The first-order chi connectivity index (χ1) is 19.2. The quantitative estimate of drug-likeness (QED) is 0.366. The lowest BCUT2D eigenvalue weighted by molar-refractivity contribution is -0.0553. The number of pyridine rings is 2. The summed E-state index contributed by atoms with van der Waals surface area (Å²) in [6, 6.07) is 16.2. The van der Waals surface area contributed by atoms with Crippen LogP contribution < -0.4 is 5.73 Å². The highest BCUT2D eigenvalue weighted by Gasteiger charge is 2.29. The van der Waals surface area contributed by atoms with Crippen molar-refractivity contribution in [3.05, 3.63) is 90.1 Å². The molecule has 0 saturated carbocycles. The topological polar surface area (TPSA) is 127 Å². The van der Waals surface area contributed by atoms with Crippen LogP contribution in [0.3, 0.4) is 0 Å². The highest BCUT2D eigenvalue weighted by atomic mass is 16.5. The number of imidazole rings is 1. The minimum Gasteiger partial charge on any atom is -0.383 e. The molecule has 1 unspecified atom stereocenters. The van der Waals surface area contributed by atoms with E-state index in [1.165, 1.54) is 11.1 Å². The molecule has 6 aromatic rings. The summed E-state index contributed by atoms with van der Waals surface area (Å²) in [6.07, 6.45) is 10.3. The molecule has 8 rings (SSSR count). The highest BCUT2D eigenvalue weighted by Crippen LogP contribution is 2.38. The number of benzene rings is 1. The van der Waals surface area contributed by atoms with E-state index in [4.69, 9.17) is 20.4 Å². The van der Waals surface area contributed by atoms with E-state index in [2.05, 4.69) is 43.2 Å². The van der Waals surface area contributed by atoms with E-state index in [1.54, 1.807) is 17.1 Å². The Labute approximate surface area is 222 Å². The normalized spacial score (nSPS) is 18.4. The SMILES string of the molecule is Nc1ncccc1-c1nc2ccc(-n3cccn3)nc2n1-c1ccc2c(c1)CC[C@@H]2n1cc(C2CCO2)nn1. The maximum Gasteiger partial charge on any atom is 0.167 e. The van der Waals surface area contributed by atoms with Gasteiger partial charge in [0.05, 0.1) is 24.4 Å². The summed E-state index contributed by atoms with van der Waals surface area (Å²) in [5, 5.41) is 13.2. The Balaban J connectivity index is 1.25. The Bertz CT molecular complexity index is 1830. The molecule has 2 aliphatic rings. The number of nitrogens with zero attached hydrogens (tertiary/aromatic N) is 9. The minimum atomic E-state index is 0.0778. The predicted octanol–water partition coefficient (Wildman–Crippen LogP) is 3.84. The van der Waals surface area contributed by atoms with Gasteiger partial charge in [0.15, 0.2) is 17.3 Å². The second kappa shape index (κ2) is 8.57. The molecule has 0 amide bonds. The van der Waals surface area contributed by atoms with E-state index >= 15 is 0 Å². The van der Waals surface area contributed by atoms with Gasteiger partial charge in [0, 0.05) is 30.7 Å². The van der Waals surface area contributed by atoms with Crippen molar-refractivity contribution in [1.82, 2.24) is 44.3 Å². The molecule has 0 bridgehead atoms. The third-order valence-electron chi connectivity index (χ3n) is 7.62. The van der Waals surface area contributed by atoms with Crippen molar-refractivity contribution in [3.8, 4) is 22.9 Å². The number of nitrogen functional groups attached to an aromatic ring is 1. The number of hydrogen-bond donors (Lipinski definition) is 1. The summed E-state index contributed by atoms with van der Waals surface area (Å²) in [7, 11) is 0. The van der Waals surface area contributed by atoms with Gasteiger partial charge in [-0.1, -0.05) is 11.3 Å². The van der Waals surface area contributed by atoms with Crippen LogP contribution in [-0.4, -0.2) is 50.9 Å². The summed E-state index contributed by atoms with van der Waals surface area (Å²) < 4.78 is 11.4. The molecule has 192 valence electrons. The van der Waals surface area contributed by atoms with Crippen LogP contribution in [0.2, 0.25) is 0 Å². The summed E-state index contributed by atoms with van der Waals surface area (Å²) in [4.78, 5) is 14.2. The van der Waals surface area contributed by atoms with E-state index in [1.807, 2.05) is 47.4 Å². The van der Waals surface area contributed by atoms with E-state index < -0.39 is 0 Å². The van der Waals surface area contributed by atoms with E-state index in [9.17, 15) is 0 Å². The lowest BCUT2D eigenvalue weighted by atomic mass is 10.1. The van der Waals surface area contributed by atoms with Crippen LogP contribution in [0.4, 0.5) is 5.82 Å². The van der Waals surface area contributed by atoms with Gasteiger partial charge in [0.2, 0.25) is 0 Å². The summed E-state index contributed by atoms with van der Waals surface area (Å²) in [5.74, 6) is 1.81. The van der Waals surface area contributed by atoms with Crippen LogP contribution in [0.25, 0.3) is 34.1 Å². The molecular weight excluding hydrogens is 492 g/mol. The number of nitrogens with two attached hydrogens (primary N) is 1. The predicted molar refractivity (Wildman–Crippen MR) is 143 cm³/mol. The number of aryl methyl sites for hydroxylation is 1. The molecule has 5 aromatic heterocycles. The van der Waals surface area contributed by atoms with Gasteiger partial charge in [-0.15, -0.1) is 5.10 Å². The van der Waals surface area contributed by atoms with Gasteiger partial charge < -0.3 is 10.5 Å². The first-order valence-electron chi connectivity index (χ1n) is 13.0. The second-order valence-electron chi connectivity index (χ2n) is 9.88. The van der Waals surface area contributed by atoms with Crippen LogP contribution in [-0.2, 0) is 11.2 Å². The first kappa shape index (κ1) is 22.1. The van der Waals surface area contributed by atoms with E-state index in [-0.39, 0.29) is 12.1 Å².